The van der Waals surface area contributed by atoms with Crippen LogP contribution in [0.25, 0.3) is 0 Å². The third-order valence-electron chi connectivity index (χ3n) is 7.52. The fourth-order valence-corrected chi connectivity index (χ4v) is 6.83. The average molecular weight is 654 g/mol. The highest BCUT2D eigenvalue weighted by Gasteiger charge is 2.29. The molecule has 0 radical (unpaired) electrons. The molecule has 11 nitrogen and oxygen atoms in total. The van der Waals surface area contributed by atoms with Gasteiger partial charge in [0, 0.05) is 29.7 Å². The maximum Gasteiger partial charge on any atom is 0.271 e. The zero-order valence-corrected chi connectivity index (χ0v) is 26.4. The van der Waals surface area contributed by atoms with Gasteiger partial charge >= 0.3 is 0 Å². The van der Waals surface area contributed by atoms with Crippen LogP contribution < -0.4 is 16.0 Å². The number of nitrogens with zero attached hydrogens (tertiary/aromatic N) is 3. The van der Waals surface area contributed by atoms with Gasteiger partial charge in [-0.2, -0.15) is 0 Å². The van der Waals surface area contributed by atoms with Crippen LogP contribution in [-0.2, 0) is 11.2 Å². The molecule has 46 heavy (non-hydrogen) atoms. The van der Waals surface area contributed by atoms with E-state index in [1.165, 1.54) is 27.6 Å². The molecule has 0 saturated heterocycles. The van der Waals surface area contributed by atoms with Gasteiger partial charge in [0.2, 0.25) is 5.91 Å². The standard InChI is InChI=1S/C33H31N7O4S2/c1-20-31-38-26(18-45-31)29(42)36-24(14-21-8-4-2-5-9-21)32-39-27(19-46-32)30(43)37-25(22-10-6-3-7-11-22)16-40(17-28(41)35-20)33(44)23-12-13-34-15-23/h2-13,15,18-20,24-25,34H,14,16-17H2,1H3,(H,35,41)(H,36,42)(H,37,43)/t20-,24+,25-/m0/s1. The molecule has 6 rings (SSSR count). The number of H-pyrrole nitrogens is 1. The third-order valence-corrected chi connectivity index (χ3v) is 9.51. The Morgan fingerprint density at radius 1 is 0.848 bits per heavy atom. The van der Waals surface area contributed by atoms with Crippen molar-refractivity contribution in [2.24, 2.45) is 0 Å². The van der Waals surface area contributed by atoms with E-state index in [1.54, 1.807) is 36.1 Å². The molecule has 13 heteroatoms. The summed E-state index contributed by atoms with van der Waals surface area (Å²) in [5.41, 5.74) is 2.52. The van der Waals surface area contributed by atoms with Crippen molar-refractivity contribution in [2.75, 3.05) is 13.1 Å². The second-order valence-electron chi connectivity index (χ2n) is 10.9. The highest BCUT2D eigenvalue weighted by atomic mass is 32.1. The van der Waals surface area contributed by atoms with E-state index in [-0.39, 0.29) is 30.4 Å². The van der Waals surface area contributed by atoms with E-state index in [9.17, 15) is 19.2 Å². The van der Waals surface area contributed by atoms with Crippen molar-refractivity contribution >= 4 is 46.3 Å². The van der Waals surface area contributed by atoms with Crippen molar-refractivity contribution in [2.45, 2.75) is 31.5 Å². The van der Waals surface area contributed by atoms with E-state index in [0.717, 1.165) is 11.1 Å². The van der Waals surface area contributed by atoms with Gasteiger partial charge in [-0.1, -0.05) is 60.7 Å². The average Bonchev–Trinajstić information content (AvgIpc) is 3.86. The second kappa shape index (κ2) is 13.9. The number of aromatic amines is 1. The van der Waals surface area contributed by atoms with Crippen LogP contribution in [0.1, 0.15) is 77.5 Å². The Hall–Kier alpha value is -5.14. The fraction of sp³-hybridized carbons (Fsp3) is 0.212. The minimum Gasteiger partial charge on any atom is -0.367 e. The van der Waals surface area contributed by atoms with Crippen molar-refractivity contribution in [1.29, 1.82) is 0 Å². The molecule has 234 valence electrons. The van der Waals surface area contributed by atoms with Crippen LogP contribution in [0.3, 0.4) is 0 Å². The zero-order chi connectivity index (χ0) is 32.0. The van der Waals surface area contributed by atoms with Gasteiger partial charge in [0.05, 0.1) is 30.2 Å². The largest absolute Gasteiger partial charge is 0.367 e. The van der Waals surface area contributed by atoms with Crippen LogP contribution in [0.2, 0.25) is 0 Å². The molecule has 5 aromatic rings. The van der Waals surface area contributed by atoms with Crippen molar-refractivity contribution in [1.82, 2.24) is 35.8 Å². The Kier molecular flexibility index (Phi) is 9.31. The summed E-state index contributed by atoms with van der Waals surface area (Å²) in [5.74, 6) is -1.62. The van der Waals surface area contributed by atoms with Gasteiger partial charge in [-0.25, -0.2) is 9.97 Å². The van der Waals surface area contributed by atoms with E-state index < -0.39 is 35.8 Å². The van der Waals surface area contributed by atoms with E-state index >= 15 is 0 Å². The van der Waals surface area contributed by atoms with Crippen LogP contribution in [0, 0.1) is 0 Å². The summed E-state index contributed by atoms with van der Waals surface area (Å²) < 4.78 is 0. The van der Waals surface area contributed by atoms with Crippen LogP contribution in [0.15, 0.2) is 89.9 Å². The van der Waals surface area contributed by atoms with Gasteiger partial charge in [0.15, 0.2) is 0 Å². The predicted octanol–water partition coefficient (Wildman–Crippen LogP) is 4.45. The first kappa shape index (κ1) is 30.9. The molecular formula is C33H31N7O4S2. The highest BCUT2D eigenvalue weighted by molar-refractivity contribution is 7.10. The lowest BCUT2D eigenvalue weighted by Crippen LogP contribution is -2.46. The lowest BCUT2D eigenvalue weighted by atomic mass is 10.1. The molecule has 3 atom stereocenters. The van der Waals surface area contributed by atoms with E-state index in [0.29, 0.717) is 22.0 Å². The number of rotatable bonds is 4. The van der Waals surface area contributed by atoms with E-state index in [4.69, 9.17) is 0 Å². The monoisotopic (exact) mass is 653 g/mol. The predicted molar refractivity (Wildman–Crippen MR) is 174 cm³/mol. The maximum atomic E-state index is 13.7. The van der Waals surface area contributed by atoms with Gasteiger partial charge < -0.3 is 25.8 Å². The van der Waals surface area contributed by atoms with Crippen LogP contribution in [-0.4, -0.2) is 56.6 Å². The number of hydrogen-bond acceptors (Lipinski definition) is 8. The van der Waals surface area contributed by atoms with Gasteiger partial charge in [-0.15, -0.1) is 22.7 Å². The van der Waals surface area contributed by atoms with E-state index in [2.05, 4.69) is 30.9 Å². The number of carbonyl (C=O) groups is 4. The van der Waals surface area contributed by atoms with Crippen LogP contribution in [0.4, 0.5) is 0 Å². The zero-order valence-electron chi connectivity index (χ0n) is 24.8. The smallest absolute Gasteiger partial charge is 0.271 e. The summed E-state index contributed by atoms with van der Waals surface area (Å²) in [6.45, 7) is 1.53. The summed E-state index contributed by atoms with van der Waals surface area (Å²) >= 11 is 2.54. The minimum atomic E-state index is -0.660. The number of carbonyl (C=O) groups excluding carboxylic acids is 4. The Balaban J connectivity index is 1.38. The third kappa shape index (κ3) is 7.22. The van der Waals surface area contributed by atoms with Crippen molar-refractivity contribution in [3.63, 3.8) is 0 Å². The molecule has 1 aliphatic heterocycles. The molecule has 2 aromatic carbocycles. The Morgan fingerprint density at radius 3 is 2.20 bits per heavy atom. The topological polar surface area (TPSA) is 149 Å². The lowest BCUT2D eigenvalue weighted by molar-refractivity contribution is -0.122. The first-order chi connectivity index (χ1) is 22.3. The Morgan fingerprint density at radius 2 is 1.50 bits per heavy atom. The number of amides is 4. The summed E-state index contributed by atoms with van der Waals surface area (Å²) in [6, 6.07) is 18.9. The molecule has 3 aromatic heterocycles. The number of benzene rings is 2. The highest BCUT2D eigenvalue weighted by Crippen LogP contribution is 2.25. The molecule has 4 heterocycles. The Labute approximate surface area is 273 Å². The summed E-state index contributed by atoms with van der Waals surface area (Å²) in [6.07, 6.45) is 3.65. The lowest BCUT2D eigenvalue weighted by Gasteiger charge is -2.28. The van der Waals surface area contributed by atoms with Gasteiger partial charge in [-0.3, -0.25) is 19.2 Å². The molecule has 1 aliphatic rings. The van der Waals surface area contributed by atoms with Crippen molar-refractivity contribution < 1.29 is 19.2 Å². The summed E-state index contributed by atoms with van der Waals surface area (Å²) in [5, 5.41) is 13.4. The molecule has 4 bridgehead atoms. The molecule has 4 N–H and O–H groups in total. The molecule has 0 unspecified atom stereocenters. The van der Waals surface area contributed by atoms with Gasteiger partial charge in [0.25, 0.3) is 17.7 Å². The first-order valence-electron chi connectivity index (χ1n) is 14.7. The molecule has 0 fully saturated rings. The SMILES string of the molecule is C[C@@H]1NC(=O)CN(C(=O)c2cc[nH]c2)C[C@@H](c2ccccc2)NC(=O)c2csc(n2)[C@@H](Cc2ccccc2)NC(=O)c2csc1n2. The summed E-state index contributed by atoms with van der Waals surface area (Å²) in [7, 11) is 0. The number of aromatic nitrogens is 3. The molecule has 0 saturated carbocycles. The van der Waals surface area contributed by atoms with Gasteiger partial charge in [0.1, 0.15) is 21.4 Å². The second-order valence-corrected chi connectivity index (χ2v) is 12.6. The van der Waals surface area contributed by atoms with E-state index in [1.807, 2.05) is 60.7 Å². The van der Waals surface area contributed by atoms with Crippen LogP contribution >= 0.6 is 22.7 Å². The first-order valence-corrected chi connectivity index (χ1v) is 16.4. The molecule has 4 amide bonds. The molecule has 0 spiro atoms. The quantitative estimate of drug-likeness (QED) is 0.225. The normalized spacial score (nSPS) is 19.4. The van der Waals surface area contributed by atoms with Crippen molar-refractivity contribution in [3.05, 3.63) is 128 Å². The number of hydrogen-bond donors (Lipinski definition) is 4. The van der Waals surface area contributed by atoms with Crippen LogP contribution in [0.5, 0.6) is 0 Å². The van der Waals surface area contributed by atoms with Crippen molar-refractivity contribution in [3.8, 4) is 0 Å². The number of nitrogens with one attached hydrogen (secondary N) is 4. The molecular weight excluding hydrogens is 623 g/mol. The summed E-state index contributed by atoms with van der Waals surface area (Å²) in [4.78, 5) is 67.6. The number of fused-ring (bicyclic) bond motifs is 4. The van der Waals surface area contributed by atoms with Gasteiger partial charge in [-0.05, 0) is 30.5 Å². The minimum absolute atomic E-state index is 0.0205. The Bertz CT molecular complexity index is 1820. The molecule has 0 aliphatic carbocycles. The maximum absolute atomic E-state index is 13.7. The number of thiazole rings is 2. The fourth-order valence-electron chi connectivity index (χ4n) is 5.18.